The molecule has 0 aliphatic rings. The fraction of sp³-hybridized carbons (Fsp3) is 0.153. The van der Waals surface area contributed by atoms with Gasteiger partial charge in [0, 0.05) is 17.0 Å². The summed E-state index contributed by atoms with van der Waals surface area (Å²) in [6.07, 6.45) is 7.74. The molecule has 312 valence electrons. The second-order valence-corrected chi connectivity index (χ2v) is 18.8. The Labute approximate surface area is 380 Å². The van der Waals surface area contributed by atoms with Crippen LogP contribution in [-0.4, -0.2) is 14.1 Å². The normalized spacial score (nSPS) is 13.2. The third-order valence-corrected chi connectivity index (χ3v) is 12.5. The lowest BCUT2D eigenvalue weighted by Crippen LogP contribution is -2.31. The lowest BCUT2D eigenvalue weighted by atomic mass is 9.81. The minimum absolute atomic E-state index is 0.0256. The van der Waals surface area contributed by atoms with E-state index in [2.05, 4.69) is 184 Å². The number of pyridine rings is 1. The largest absolute Gasteiger partial charge is 0.464 e. The molecule has 0 radical (unpaired) electrons. The lowest BCUT2D eigenvalue weighted by molar-refractivity contribution is -0.571. The van der Waals surface area contributed by atoms with Crippen molar-refractivity contribution in [2.45, 2.75) is 58.8 Å². The minimum Gasteiger partial charge on any atom is -0.464 e. The van der Waals surface area contributed by atoms with E-state index in [0.29, 0.717) is 28.7 Å². The van der Waals surface area contributed by atoms with Gasteiger partial charge in [-0.15, -0.1) is 0 Å². The number of nitrogens with zero attached hydrogens (tertiary/aromatic N) is 4. The first kappa shape index (κ1) is 35.0. The first-order chi connectivity index (χ1) is 32.7. The van der Waals surface area contributed by atoms with Crippen LogP contribution in [0.4, 0.5) is 0 Å². The molecule has 7 aromatic carbocycles. The van der Waals surface area contributed by atoms with Crippen LogP contribution in [0.3, 0.4) is 0 Å². The number of furan rings is 1. The van der Waals surface area contributed by atoms with Crippen molar-refractivity contribution in [2.75, 3.05) is 0 Å². The van der Waals surface area contributed by atoms with Gasteiger partial charge in [-0.3, -0.25) is 13.7 Å². The van der Waals surface area contributed by atoms with Crippen LogP contribution in [-0.2, 0) is 17.3 Å². The summed E-state index contributed by atoms with van der Waals surface area (Å²) in [5.74, 6) is 0.539. The highest BCUT2D eigenvalue weighted by atomic mass is 16.3. The Morgan fingerprint density at radius 3 is 2.22 bits per heavy atom. The quantitative estimate of drug-likeness (QED) is 0.119. The van der Waals surface area contributed by atoms with E-state index in [4.69, 9.17) is 14.9 Å². The van der Waals surface area contributed by atoms with Crippen molar-refractivity contribution in [1.82, 2.24) is 14.1 Å². The summed E-state index contributed by atoms with van der Waals surface area (Å²) in [5.41, 5.74) is 15.0. The van der Waals surface area contributed by atoms with Crippen molar-refractivity contribution < 1.29 is 14.5 Å². The monoisotopic (exact) mass is 834 g/mol. The van der Waals surface area contributed by atoms with Gasteiger partial charge in [-0.1, -0.05) is 175 Å². The molecule has 11 rings (SSSR count). The number of imidazole rings is 1. The number of fused-ring (bicyclic) bond motifs is 5. The summed E-state index contributed by atoms with van der Waals surface area (Å²) >= 11 is 0. The Morgan fingerprint density at radius 2 is 1.38 bits per heavy atom. The molecule has 5 nitrogen and oxygen atoms in total. The Hall–Kier alpha value is -7.50. The maximum Gasteiger partial charge on any atom is 0.269 e. The third kappa shape index (κ3) is 6.71. The Bertz CT molecular complexity index is 3790. The van der Waals surface area contributed by atoms with E-state index in [1.54, 1.807) is 18.5 Å². The van der Waals surface area contributed by atoms with Crippen LogP contribution in [0.5, 0.6) is 0 Å². The molecule has 0 N–H and O–H groups in total. The zero-order valence-electron chi connectivity index (χ0n) is 40.9. The predicted molar refractivity (Wildman–Crippen MR) is 263 cm³/mol. The first-order valence-electron chi connectivity index (χ1n) is 23.9. The predicted octanol–water partition coefficient (Wildman–Crippen LogP) is 14.5. The molecule has 0 fully saturated rings. The molecular weight excluding hydrogens is 781 g/mol. The fourth-order valence-corrected chi connectivity index (χ4v) is 9.37. The van der Waals surface area contributed by atoms with Gasteiger partial charge in [-0.2, -0.15) is 0 Å². The number of benzene rings is 7. The van der Waals surface area contributed by atoms with Crippen LogP contribution in [0, 0.1) is 6.33 Å². The number of hydrogen-bond acceptors (Lipinski definition) is 2. The molecule has 0 saturated heterocycles. The average Bonchev–Trinajstić information content (AvgIpc) is 4.07. The summed E-state index contributed by atoms with van der Waals surface area (Å²) in [6.45, 7) is 13.6. The van der Waals surface area contributed by atoms with E-state index in [0.717, 1.165) is 66.5 Å². The van der Waals surface area contributed by atoms with E-state index in [-0.39, 0.29) is 35.0 Å². The Kier molecular flexibility index (Phi) is 8.26. The van der Waals surface area contributed by atoms with Crippen LogP contribution in [0.1, 0.15) is 69.3 Å². The van der Waals surface area contributed by atoms with Crippen LogP contribution >= 0.6 is 0 Å². The number of rotatable bonds is 7. The van der Waals surface area contributed by atoms with Crippen LogP contribution < -0.4 is 4.57 Å². The lowest BCUT2D eigenvalue weighted by Gasteiger charge is -2.25. The number of para-hydroxylation sites is 4. The topological polar surface area (TPSA) is 39.8 Å². The highest BCUT2D eigenvalue weighted by Crippen LogP contribution is 2.40. The summed E-state index contributed by atoms with van der Waals surface area (Å²) < 4.78 is 47.3. The molecule has 0 aliphatic heterocycles. The molecule has 4 heterocycles. The minimum atomic E-state index is -0.289. The van der Waals surface area contributed by atoms with E-state index < -0.39 is 0 Å². The maximum atomic E-state index is 9.07. The van der Waals surface area contributed by atoms with Crippen molar-refractivity contribution in [1.29, 1.82) is 0 Å². The molecular formula is C59H50N4O. The van der Waals surface area contributed by atoms with Gasteiger partial charge >= 0.3 is 0 Å². The molecule has 0 aliphatic carbocycles. The van der Waals surface area contributed by atoms with Crippen molar-refractivity contribution >= 4 is 43.8 Å². The van der Waals surface area contributed by atoms with E-state index >= 15 is 0 Å². The molecule has 5 heteroatoms. The first-order valence-corrected chi connectivity index (χ1v) is 21.9. The molecule has 11 aromatic rings. The second-order valence-electron chi connectivity index (χ2n) is 18.8. The molecule has 0 atom stereocenters. The van der Waals surface area contributed by atoms with Crippen LogP contribution in [0.15, 0.2) is 187 Å². The molecule has 0 spiro atoms. The molecule has 0 saturated carbocycles. The van der Waals surface area contributed by atoms with Gasteiger partial charge in [0.2, 0.25) is 0 Å². The van der Waals surface area contributed by atoms with Gasteiger partial charge in [-0.25, -0.2) is 4.98 Å². The zero-order chi connectivity index (χ0) is 47.2. The van der Waals surface area contributed by atoms with E-state index in [1.807, 2.05) is 16.7 Å². The summed E-state index contributed by atoms with van der Waals surface area (Å²) in [5, 5.41) is 1.93. The smallest absolute Gasteiger partial charge is 0.269 e. The van der Waals surface area contributed by atoms with Gasteiger partial charge in [0.1, 0.15) is 11.4 Å². The van der Waals surface area contributed by atoms with Gasteiger partial charge in [-0.05, 0) is 98.1 Å². The number of aromatic nitrogens is 4. The second kappa shape index (κ2) is 15.1. The molecule has 0 amide bonds. The summed E-state index contributed by atoms with van der Waals surface area (Å²) in [4.78, 5) is 4.77. The highest BCUT2D eigenvalue weighted by Gasteiger charge is 2.25. The van der Waals surface area contributed by atoms with E-state index in [9.17, 15) is 0 Å². The van der Waals surface area contributed by atoms with Crippen molar-refractivity contribution in [3.63, 3.8) is 0 Å². The van der Waals surface area contributed by atoms with Gasteiger partial charge in [0.05, 0.1) is 50.6 Å². The zero-order valence-corrected chi connectivity index (χ0v) is 36.9. The number of hydrogen-bond donors (Lipinski definition) is 0. The van der Waals surface area contributed by atoms with Gasteiger partial charge in [0.25, 0.3) is 6.33 Å². The van der Waals surface area contributed by atoms with Crippen LogP contribution in [0.25, 0.3) is 83.3 Å². The standard InChI is InChI=1S/C59H50N4O/c1-58(2,3)42-28-26-41(27-29-42)44-19-14-20-48(45-17-7-9-21-50(45)59(4,5)6)56(44)62-38-61(52-23-11-12-24-53(52)62)43-16-13-15-39(36-43)35-40-25-30-47-46-18-8-10-22-51(46)63(54(47)37-40)57-49-32-34-64-55(49)31-33-60-57/h7-34,36-37H,35H2,1-6H3/i8D,10D,18D,22D. The molecule has 64 heavy (non-hydrogen) atoms. The van der Waals surface area contributed by atoms with Crippen molar-refractivity contribution in [3.05, 3.63) is 211 Å². The van der Waals surface area contributed by atoms with Gasteiger partial charge < -0.3 is 4.42 Å². The maximum absolute atomic E-state index is 9.07. The van der Waals surface area contributed by atoms with Crippen molar-refractivity contribution in [2.24, 2.45) is 0 Å². The Balaban J connectivity index is 1.07. The summed E-state index contributed by atoms with van der Waals surface area (Å²) in [6, 6.07) is 50.5. The van der Waals surface area contributed by atoms with Crippen molar-refractivity contribution in [3.8, 4) is 39.4 Å². The SMILES string of the molecule is [2H]c1c([2H])c([2H])c2c(c1[2H])c1ccc(Cc3cccc(-n4[c-][n+](-c5c(-c6ccc(C(C)(C)C)cc6)cccc5-c5ccccc5C(C)(C)C)c5ccccc54)c3)cc1n2-c1nccc2occc12. The van der Waals surface area contributed by atoms with E-state index in [1.165, 1.54) is 16.7 Å². The molecule has 4 aromatic heterocycles. The Morgan fingerprint density at radius 1 is 0.625 bits per heavy atom. The highest BCUT2D eigenvalue weighted by molar-refractivity contribution is 6.10. The van der Waals surface area contributed by atoms with Crippen LogP contribution in [0.2, 0.25) is 0 Å². The summed E-state index contributed by atoms with van der Waals surface area (Å²) in [7, 11) is 0. The molecule has 0 unspecified atom stereocenters. The fourth-order valence-electron chi connectivity index (χ4n) is 9.37. The van der Waals surface area contributed by atoms with Gasteiger partial charge in [0.15, 0.2) is 0 Å². The molecule has 0 bridgehead atoms. The third-order valence-electron chi connectivity index (χ3n) is 12.5. The average molecular weight is 835 g/mol.